The van der Waals surface area contributed by atoms with Gasteiger partial charge in [0.2, 0.25) is 11.7 Å². The molecule has 2 amide bonds. The molecule has 0 aliphatic carbocycles. The Morgan fingerprint density at radius 1 is 0.778 bits per heavy atom. The summed E-state index contributed by atoms with van der Waals surface area (Å²) < 4.78 is 16.8. The summed E-state index contributed by atoms with van der Waals surface area (Å²) in [5, 5.41) is 1.63. The van der Waals surface area contributed by atoms with Crippen molar-refractivity contribution in [2.45, 2.75) is 25.5 Å². The van der Waals surface area contributed by atoms with Crippen LogP contribution in [-0.2, 0) is 20.8 Å². The van der Waals surface area contributed by atoms with Crippen molar-refractivity contribution in [3.05, 3.63) is 77.9 Å². The van der Waals surface area contributed by atoms with Crippen molar-refractivity contribution < 1.29 is 28.6 Å². The van der Waals surface area contributed by atoms with Crippen LogP contribution in [0.2, 0.25) is 0 Å². The second-order valence-electron chi connectivity index (χ2n) is 8.61. The van der Waals surface area contributed by atoms with Gasteiger partial charge in [0.05, 0.1) is 32.7 Å². The summed E-state index contributed by atoms with van der Waals surface area (Å²) in [6, 6.07) is 19.8. The Morgan fingerprint density at radius 2 is 1.47 bits per heavy atom. The van der Waals surface area contributed by atoms with Gasteiger partial charge in [0, 0.05) is 5.56 Å². The van der Waals surface area contributed by atoms with E-state index < -0.39 is 24.0 Å². The van der Waals surface area contributed by atoms with Crippen LogP contribution in [0.1, 0.15) is 24.1 Å². The second kappa shape index (κ2) is 9.54. The summed E-state index contributed by atoms with van der Waals surface area (Å²) in [4.78, 5) is 34.9. The van der Waals surface area contributed by atoms with Gasteiger partial charge >= 0.3 is 0 Å². The number of hydroxylamine groups is 1. The molecule has 2 aliphatic heterocycles. The molecule has 0 N–H and O–H groups in total. The third-order valence-corrected chi connectivity index (χ3v) is 6.78. The van der Waals surface area contributed by atoms with E-state index >= 15 is 0 Å². The number of nitrogens with zero attached hydrogens (tertiary/aromatic N) is 2. The molecule has 0 aromatic heterocycles. The van der Waals surface area contributed by atoms with Crippen LogP contribution < -0.4 is 24.2 Å². The number of ether oxygens (including phenoxy) is 3. The highest BCUT2D eigenvalue weighted by atomic mass is 16.7. The Kier molecular flexibility index (Phi) is 6.28. The molecule has 0 radical (unpaired) electrons. The van der Waals surface area contributed by atoms with E-state index in [1.807, 2.05) is 48.5 Å². The van der Waals surface area contributed by atoms with E-state index in [2.05, 4.69) is 6.92 Å². The van der Waals surface area contributed by atoms with Gasteiger partial charge in [-0.3, -0.25) is 14.4 Å². The zero-order chi connectivity index (χ0) is 25.4. The number of carbonyl (C=O) groups excluding carboxylic acids is 2. The first kappa shape index (κ1) is 23.7. The van der Waals surface area contributed by atoms with Crippen LogP contribution in [0, 0.1) is 5.92 Å². The molecule has 3 aromatic rings. The SMILES string of the molecule is CCc1ccc(N2C(=O)[C@H]3[C@@H](c4ccc(OC)c(OC)c4OC)N(c4ccccc4)O[C@H]3C2=O)cc1. The predicted molar refractivity (Wildman–Crippen MR) is 134 cm³/mol. The summed E-state index contributed by atoms with van der Waals surface area (Å²) in [5.41, 5.74) is 3.02. The average molecular weight is 489 g/mol. The van der Waals surface area contributed by atoms with E-state index in [0.717, 1.165) is 12.0 Å². The number of methoxy groups -OCH3 is 3. The van der Waals surface area contributed by atoms with Gasteiger partial charge in [0.25, 0.3) is 5.91 Å². The molecule has 8 heteroatoms. The topological polar surface area (TPSA) is 77.5 Å². The summed E-state index contributed by atoms with van der Waals surface area (Å²) in [6.45, 7) is 2.05. The minimum atomic E-state index is -0.980. The van der Waals surface area contributed by atoms with Crippen molar-refractivity contribution in [1.82, 2.24) is 0 Å². The normalized spacial score (nSPS) is 21.1. The van der Waals surface area contributed by atoms with E-state index in [1.54, 1.807) is 30.4 Å². The lowest BCUT2D eigenvalue weighted by atomic mass is 9.89. The number of benzene rings is 3. The van der Waals surface area contributed by atoms with Crippen LogP contribution in [0.4, 0.5) is 11.4 Å². The van der Waals surface area contributed by atoms with Crippen molar-refractivity contribution in [3.63, 3.8) is 0 Å². The molecule has 36 heavy (non-hydrogen) atoms. The molecule has 5 rings (SSSR count). The molecule has 186 valence electrons. The van der Waals surface area contributed by atoms with E-state index in [-0.39, 0.29) is 5.91 Å². The van der Waals surface area contributed by atoms with Gasteiger partial charge in [0.15, 0.2) is 17.6 Å². The number of amides is 2. The third kappa shape index (κ3) is 3.65. The van der Waals surface area contributed by atoms with Gasteiger partial charge in [-0.05, 0) is 48.4 Å². The molecule has 0 saturated carbocycles. The molecule has 0 bridgehead atoms. The van der Waals surface area contributed by atoms with Crippen molar-refractivity contribution >= 4 is 23.2 Å². The number of hydrogen-bond acceptors (Lipinski definition) is 7. The van der Waals surface area contributed by atoms with Gasteiger partial charge in [-0.25, -0.2) is 9.96 Å². The maximum Gasteiger partial charge on any atom is 0.266 e. The van der Waals surface area contributed by atoms with Crippen molar-refractivity contribution in [1.29, 1.82) is 0 Å². The largest absolute Gasteiger partial charge is 0.493 e. The Morgan fingerprint density at radius 3 is 2.08 bits per heavy atom. The summed E-state index contributed by atoms with van der Waals surface area (Å²) in [5.74, 6) is -0.204. The van der Waals surface area contributed by atoms with Crippen LogP contribution in [0.5, 0.6) is 17.2 Å². The molecule has 0 unspecified atom stereocenters. The van der Waals surface area contributed by atoms with Gasteiger partial charge in [0.1, 0.15) is 12.0 Å². The minimum Gasteiger partial charge on any atom is -0.493 e. The van der Waals surface area contributed by atoms with E-state index in [9.17, 15) is 9.59 Å². The molecule has 3 aromatic carbocycles. The van der Waals surface area contributed by atoms with Crippen LogP contribution in [0.15, 0.2) is 66.7 Å². The number of hydrogen-bond donors (Lipinski definition) is 0. The number of fused-ring (bicyclic) bond motifs is 1. The number of imide groups is 1. The molecule has 2 heterocycles. The fraction of sp³-hybridized carbons (Fsp3) is 0.286. The van der Waals surface area contributed by atoms with Crippen molar-refractivity contribution in [2.24, 2.45) is 5.92 Å². The molecule has 8 nitrogen and oxygen atoms in total. The molecule has 2 fully saturated rings. The second-order valence-corrected chi connectivity index (χ2v) is 8.61. The molecule has 3 atom stereocenters. The number of para-hydroxylation sites is 1. The Balaban J connectivity index is 1.63. The molecular formula is C28H28N2O6. The molecular weight excluding hydrogens is 460 g/mol. The van der Waals surface area contributed by atoms with Crippen molar-refractivity contribution in [3.8, 4) is 17.2 Å². The number of aryl methyl sites for hydroxylation is 1. The highest BCUT2D eigenvalue weighted by Crippen LogP contribution is 2.52. The smallest absolute Gasteiger partial charge is 0.266 e. The zero-order valence-corrected chi connectivity index (χ0v) is 20.6. The zero-order valence-electron chi connectivity index (χ0n) is 20.6. The summed E-state index contributed by atoms with van der Waals surface area (Å²) in [7, 11) is 4.60. The Bertz CT molecular complexity index is 1280. The van der Waals surface area contributed by atoms with Gasteiger partial charge in [-0.1, -0.05) is 37.3 Å². The fourth-order valence-corrected chi connectivity index (χ4v) is 5.02. The van der Waals surface area contributed by atoms with Gasteiger partial charge < -0.3 is 14.2 Å². The van der Waals surface area contributed by atoms with Gasteiger partial charge in [-0.2, -0.15) is 0 Å². The lowest BCUT2D eigenvalue weighted by Gasteiger charge is -2.30. The predicted octanol–water partition coefficient (Wildman–Crippen LogP) is 4.33. The van der Waals surface area contributed by atoms with Crippen LogP contribution in [-0.4, -0.2) is 39.2 Å². The maximum atomic E-state index is 13.9. The minimum absolute atomic E-state index is 0.325. The Labute approximate surface area is 209 Å². The monoisotopic (exact) mass is 488 g/mol. The standard InChI is InChI=1S/C28H28N2O6/c1-5-17-11-13-18(14-12-17)29-27(31)22-23(20-15-16-21(33-2)25(35-4)24(20)34-3)30(36-26(22)28(29)32)19-9-7-6-8-10-19/h6-16,22-23,26H,5H2,1-4H3/t22-,23+,26+/m0/s1. The quantitative estimate of drug-likeness (QED) is 0.458. The number of anilines is 2. The van der Waals surface area contributed by atoms with E-state index in [0.29, 0.717) is 34.2 Å². The van der Waals surface area contributed by atoms with E-state index in [1.165, 1.54) is 19.1 Å². The van der Waals surface area contributed by atoms with Crippen LogP contribution in [0.25, 0.3) is 0 Å². The highest BCUT2D eigenvalue weighted by molar-refractivity contribution is 6.24. The van der Waals surface area contributed by atoms with Gasteiger partial charge in [-0.15, -0.1) is 0 Å². The van der Waals surface area contributed by atoms with Crippen molar-refractivity contribution in [2.75, 3.05) is 31.3 Å². The van der Waals surface area contributed by atoms with Crippen LogP contribution in [0.3, 0.4) is 0 Å². The van der Waals surface area contributed by atoms with Crippen LogP contribution >= 0.6 is 0 Å². The first-order valence-electron chi connectivity index (χ1n) is 11.8. The number of rotatable bonds is 7. The fourth-order valence-electron chi connectivity index (χ4n) is 5.02. The first-order valence-corrected chi connectivity index (χ1v) is 11.8. The lowest BCUT2D eigenvalue weighted by molar-refractivity contribution is -0.126. The summed E-state index contributed by atoms with van der Waals surface area (Å²) >= 11 is 0. The average Bonchev–Trinajstić information content (AvgIpc) is 3.43. The molecule has 0 spiro atoms. The highest BCUT2D eigenvalue weighted by Gasteiger charge is 2.61. The lowest BCUT2D eigenvalue weighted by Crippen LogP contribution is -2.37. The summed E-state index contributed by atoms with van der Waals surface area (Å²) in [6.07, 6.45) is -0.115. The number of carbonyl (C=O) groups is 2. The Hall–Kier alpha value is -4.04. The molecule has 2 saturated heterocycles. The maximum absolute atomic E-state index is 13.9. The molecule has 2 aliphatic rings. The third-order valence-electron chi connectivity index (χ3n) is 6.78. The first-order chi connectivity index (χ1) is 17.5. The van der Waals surface area contributed by atoms with E-state index in [4.69, 9.17) is 19.0 Å².